The minimum atomic E-state index is 0.563. The van der Waals surface area contributed by atoms with Crippen molar-refractivity contribution in [2.45, 2.75) is 64.8 Å². The minimum Gasteiger partial charge on any atom is -0.313 e. The zero-order valence-corrected chi connectivity index (χ0v) is 13.8. The lowest BCUT2D eigenvalue weighted by Crippen LogP contribution is -2.46. The minimum absolute atomic E-state index is 0.563. The Bertz CT molecular complexity index is 325. The molecule has 3 aliphatic rings. The highest BCUT2D eigenvalue weighted by Gasteiger charge is 2.39. The normalized spacial score (nSPS) is 41.1. The van der Waals surface area contributed by atoms with Gasteiger partial charge in [0.15, 0.2) is 0 Å². The van der Waals surface area contributed by atoms with Gasteiger partial charge in [-0.05, 0) is 62.3 Å². The summed E-state index contributed by atoms with van der Waals surface area (Å²) >= 11 is 0. The molecule has 116 valence electrons. The molecule has 3 aliphatic carbocycles. The molecule has 4 atom stereocenters. The summed E-state index contributed by atoms with van der Waals surface area (Å²) in [5.74, 6) is 2.91. The molecule has 3 rings (SSSR count). The van der Waals surface area contributed by atoms with Crippen LogP contribution >= 0.6 is 0 Å². The third-order valence-corrected chi connectivity index (χ3v) is 5.96. The van der Waals surface area contributed by atoms with Crippen molar-refractivity contribution >= 4 is 0 Å². The van der Waals surface area contributed by atoms with E-state index in [0.29, 0.717) is 5.41 Å². The van der Waals surface area contributed by atoms with Crippen LogP contribution in [0.1, 0.15) is 58.8 Å². The molecule has 0 bridgehead atoms. The number of rotatable bonds is 7. The molecule has 0 saturated heterocycles. The maximum atomic E-state index is 3.84. The molecular weight excluding hydrogens is 244 g/mol. The van der Waals surface area contributed by atoms with Crippen molar-refractivity contribution < 1.29 is 0 Å². The van der Waals surface area contributed by atoms with Crippen molar-refractivity contribution in [3.05, 3.63) is 0 Å². The van der Waals surface area contributed by atoms with Crippen molar-refractivity contribution in [1.82, 2.24) is 10.2 Å². The van der Waals surface area contributed by atoms with Gasteiger partial charge in [-0.2, -0.15) is 0 Å². The second-order valence-electron chi connectivity index (χ2n) is 8.53. The molecule has 3 fully saturated rings. The van der Waals surface area contributed by atoms with Crippen LogP contribution in [0, 0.1) is 23.2 Å². The van der Waals surface area contributed by atoms with Gasteiger partial charge < -0.3 is 10.2 Å². The first-order chi connectivity index (χ1) is 9.56. The summed E-state index contributed by atoms with van der Waals surface area (Å²) in [6.45, 7) is 8.80. The van der Waals surface area contributed by atoms with Gasteiger partial charge in [0.05, 0.1) is 0 Å². The van der Waals surface area contributed by atoms with Crippen LogP contribution in [0.25, 0.3) is 0 Å². The zero-order valence-electron chi connectivity index (χ0n) is 13.8. The number of hydrogen-bond acceptors (Lipinski definition) is 2. The third-order valence-electron chi connectivity index (χ3n) is 5.96. The molecule has 2 nitrogen and oxygen atoms in total. The van der Waals surface area contributed by atoms with Crippen molar-refractivity contribution in [3.63, 3.8) is 0 Å². The Morgan fingerprint density at radius 3 is 2.55 bits per heavy atom. The van der Waals surface area contributed by atoms with Gasteiger partial charge in [-0.15, -0.1) is 0 Å². The van der Waals surface area contributed by atoms with E-state index in [1.54, 1.807) is 0 Å². The molecule has 4 unspecified atom stereocenters. The van der Waals surface area contributed by atoms with Crippen molar-refractivity contribution in [2.24, 2.45) is 23.2 Å². The van der Waals surface area contributed by atoms with E-state index in [9.17, 15) is 0 Å². The monoisotopic (exact) mass is 278 g/mol. The Hall–Kier alpha value is -0.0800. The second kappa shape index (κ2) is 5.96. The van der Waals surface area contributed by atoms with Gasteiger partial charge >= 0.3 is 0 Å². The zero-order chi connectivity index (χ0) is 14.2. The summed E-state index contributed by atoms with van der Waals surface area (Å²) in [6.07, 6.45) is 10.1. The van der Waals surface area contributed by atoms with Crippen LogP contribution in [0.3, 0.4) is 0 Å². The molecule has 0 aromatic heterocycles. The molecular formula is C18H34N2. The Morgan fingerprint density at radius 2 is 1.95 bits per heavy atom. The lowest BCUT2D eigenvalue weighted by molar-refractivity contribution is 0.0889. The molecule has 1 N–H and O–H groups in total. The van der Waals surface area contributed by atoms with Gasteiger partial charge in [-0.1, -0.05) is 26.7 Å². The molecule has 0 aromatic rings. The van der Waals surface area contributed by atoms with Crippen LogP contribution in [0.2, 0.25) is 0 Å². The number of nitrogens with one attached hydrogen (secondary N) is 1. The fourth-order valence-electron chi connectivity index (χ4n) is 4.47. The van der Waals surface area contributed by atoms with Crippen LogP contribution < -0.4 is 5.32 Å². The predicted octanol–water partition coefficient (Wildman–Crippen LogP) is 3.52. The Balaban J connectivity index is 1.54. The quantitative estimate of drug-likeness (QED) is 0.766. The highest BCUT2D eigenvalue weighted by atomic mass is 15.1. The standard InChI is InChI=1S/C18H34N2/c1-14-5-4-8-18(10-14,12-19-17-6-7-17)13-20(3)11-16-9-15(16)2/h14-17,19H,4-13H2,1-3H3. The van der Waals surface area contributed by atoms with Crippen molar-refractivity contribution in [2.75, 3.05) is 26.7 Å². The molecule has 0 radical (unpaired) electrons. The maximum absolute atomic E-state index is 3.84. The topological polar surface area (TPSA) is 15.3 Å². The van der Waals surface area contributed by atoms with Crippen LogP contribution in [-0.4, -0.2) is 37.6 Å². The van der Waals surface area contributed by atoms with E-state index in [2.05, 4.69) is 31.1 Å². The van der Waals surface area contributed by atoms with Crippen molar-refractivity contribution in [1.29, 1.82) is 0 Å². The van der Waals surface area contributed by atoms with E-state index in [1.807, 2.05) is 0 Å². The van der Waals surface area contributed by atoms with E-state index in [1.165, 1.54) is 64.6 Å². The molecule has 0 heterocycles. The van der Waals surface area contributed by atoms with Gasteiger partial charge in [0, 0.05) is 25.7 Å². The lowest BCUT2D eigenvalue weighted by Gasteiger charge is -2.43. The maximum Gasteiger partial charge on any atom is 0.00684 e. The molecule has 0 amide bonds. The van der Waals surface area contributed by atoms with Crippen LogP contribution in [0.15, 0.2) is 0 Å². The van der Waals surface area contributed by atoms with E-state index >= 15 is 0 Å². The second-order valence-corrected chi connectivity index (χ2v) is 8.53. The smallest absolute Gasteiger partial charge is 0.00684 e. The Kier molecular flexibility index (Phi) is 4.42. The Morgan fingerprint density at radius 1 is 1.20 bits per heavy atom. The summed E-state index contributed by atoms with van der Waals surface area (Å²) in [6, 6.07) is 0.859. The first-order valence-corrected chi connectivity index (χ1v) is 8.98. The lowest BCUT2D eigenvalue weighted by atomic mass is 9.69. The summed E-state index contributed by atoms with van der Waals surface area (Å²) in [4.78, 5) is 2.65. The number of hydrogen-bond donors (Lipinski definition) is 1. The average Bonchev–Trinajstić information content (AvgIpc) is 3.27. The van der Waals surface area contributed by atoms with E-state index in [4.69, 9.17) is 0 Å². The van der Waals surface area contributed by atoms with Gasteiger partial charge in [0.2, 0.25) is 0 Å². The van der Waals surface area contributed by atoms with Gasteiger partial charge in [-0.25, -0.2) is 0 Å². The molecule has 3 saturated carbocycles. The average molecular weight is 278 g/mol. The van der Waals surface area contributed by atoms with Gasteiger partial charge in [-0.3, -0.25) is 0 Å². The molecule has 0 aromatic carbocycles. The number of nitrogens with zero attached hydrogens (tertiary/aromatic N) is 1. The molecule has 0 spiro atoms. The van der Waals surface area contributed by atoms with Crippen LogP contribution in [-0.2, 0) is 0 Å². The molecule has 2 heteroatoms. The molecule has 0 aliphatic heterocycles. The van der Waals surface area contributed by atoms with Crippen LogP contribution in [0.5, 0.6) is 0 Å². The fourth-order valence-corrected chi connectivity index (χ4v) is 4.47. The van der Waals surface area contributed by atoms with E-state index < -0.39 is 0 Å². The summed E-state index contributed by atoms with van der Waals surface area (Å²) in [5, 5.41) is 3.84. The highest BCUT2D eigenvalue weighted by molar-refractivity contribution is 4.93. The van der Waals surface area contributed by atoms with Crippen LogP contribution in [0.4, 0.5) is 0 Å². The summed E-state index contributed by atoms with van der Waals surface area (Å²) < 4.78 is 0. The summed E-state index contributed by atoms with van der Waals surface area (Å²) in [7, 11) is 2.36. The Labute approximate surface area is 125 Å². The summed E-state index contributed by atoms with van der Waals surface area (Å²) in [5.41, 5.74) is 0.563. The largest absolute Gasteiger partial charge is 0.313 e. The fraction of sp³-hybridized carbons (Fsp3) is 1.00. The SMILES string of the molecule is CC1CCCC(CNC2CC2)(CN(C)CC2CC2C)C1. The van der Waals surface area contributed by atoms with E-state index in [0.717, 1.165) is 23.8 Å². The molecule has 20 heavy (non-hydrogen) atoms. The predicted molar refractivity (Wildman–Crippen MR) is 85.9 cm³/mol. The van der Waals surface area contributed by atoms with Gasteiger partial charge in [0.1, 0.15) is 0 Å². The first kappa shape index (κ1) is 14.8. The first-order valence-electron chi connectivity index (χ1n) is 8.98. The highest BCUT2D eigenvalue weighted by Crippen LogP contribution is 2.42. The van der Waals surface area contributed by atoms with Crippen molar-refractivity contribution in [3.8, 4) is 0 Å². The van der Waals surface area contributed by atoms with E-state index in [-0.39, 0.29) is 0 Å². The third kappa shape index (κ3) is 3.98. The van der Waals surface area contributed by atoms with Gasteiger partial charge in [0.25, 0.3) is 0 Å².